The smallest absolute Gasteiger partial charge is 0.353 e. The number of carbonyl (C=O) groups is 1. The van der Waals surface area contributed by atoms with Crippen molar-refractivity contribution in [1.29, 1.82) is 0 Å². The Labute approximate surface area is 113 Å². The zero-order valence-corrected chi connectivity index (χ0v) is 11.5. The molecule has 1 heterocycles. The van der Waals surface area contributed by atoms with Gasteiger partial charge in [-0.3, -0.25) is 5.10 Å². The Morgan fingerprint density at radius 3 is 2.72 bits per heavy atom. The van der Waals surface area contributed by atoms with E-state index in [0.717, 1.165) is 15.7 Å². The van der Waals surface area contributed by atoms with Crippen molar-refractivity contribution in [3.8, 4) is 11.3 Å². The van der Waals surface area contributed by atoms with Gasteiger partial charge in [-0.1, -0.05) is 22.0 Å². The van der Waals surface area contributed by atoms with E-state index in [9.17, 15) is 4.79 Å². The lowest BCUT2D eigenvalue weighted by molar-refractivity contribution is 0.0690. The second kappa shape index (κ2) is 4.81. The van der Waals surface area contributed by atoms with Gasteiger partial charge in [0, 0.05) is 29.8 Å². The Bertz CT molecular complexity index is 593. The highest BCUT2D eigenvalue weighted by atomic mass is 79.9. The molecule has 2 aromatic rings. The quantitative estimate of drug-likeness (QED) is 0.914. The summed E-state index contributed by atoms with van der Waals surface area (Å²) in [4.78, 5) is 12.8. The van der Waals surface area contributed by atoms with Crippen molar-refractivity contribution < 1.29 is 9.90 Å². The summed E-state index contributed by atoms with van der Waals surface area (Å²) in [5.41, 5.74) is 2.51. The number of aromatic nitrogens is 2. The Morgan fingerprint density at radius 1 is 1.44 bits per heavy atom. The van der Waals surface area contributed by atoms with Crippen molar-refractivity contribution in [2.75, 3.05) is 19.0 Å². The Balaban J connectivity index is 2.58. The molecule has 0 atom stereocenters. The van der Waals surface area contributed by atoms with Gasteiger partial charge in [0.15, 0.2) is 0 Å². The molecule has 94 valence electrons. The summed E-state index contributed by atoms with van der Waals surface area (Å²) in [7, 11) is 3.85. The lowest BCUT2D eigenvalue weighted by Crippen LogP contribution is -2.10. The summed E-state index contributed by atoms with van der Waals surface area (Å²) in [5.74, 6) is -1.02. The van der Waals surface area contributed by atoms with E-state index >= 15 is 0 Å². The first-order valence-corrected chi connectivity index (χ1v) is 6.05. The van der Waals surface area contributed by atoms with Crippen LogP contribution >= 0.6 is 15.9 Å². The molecule has 0 fully saturated rings. The molecule has 0 unspecified atom stereocenters. The number of carboxylic acid groups (broad SMARTS) is 1. The molecule has 0 spiro atoms. The molecular formula is C12H12BrN3O2. The molecule has 0 aliphatic heterocycles. The zero-order valence-electron chi connectivity index (χ0n) is 9.94. The van der Waals surface area contributed by atoms with E-state index in [-0.39, 0.29) is 5.69 Å². The zero-order chi connectivity index (χ0) is 13.3. The molecule has 0 saturated carbocycles. The maximum absolute atomic E-state index is 10.9. The summed E-state index contributed by atoms with van der Waals surface area (Å²) in [6.07, 6.45) is 0. The molecule has 0 bridgehead atoms. The van der Waals surface area contributed by atoms with E-state index < -0.39 is 5.97 Å². The summed E-state index contributed by atoms with van der Waals surface area (Å²) in [6, 6.07) is 7.30. The van der Waals surface area contributed by atoms with Crippen LogP contribution in [0.1, 0.15) is 10.5 Å². The standard InChI is InChI=1S/C12H12BrN3O2/c1-16(2)10-5-3-4-7(13)11(10)8-6-9(12(17)18)15-14-8/h3-6H,1-2H3,(H,14,15)(H,17,18). The van der Waals surface area contributed by atoms with E-state index in [1.165, 1.54) is 6.07 Å². The lowest BCUT2D eigenvalue weighted by Gasteiger charge is -2.17. The monoisotopic (exact) mass is 309 g/mol. The van der Waals surface area contributed by atoms with Crippen LogP contribution in [0, 0.1) is 0 Å². The fraction of sp³-hybridized carbons (Fsp3) is 0.167. The van der Waals surface area contributed by atoms with Gasteiger partial charge in [-0.05, 0) is 18.2 Å². The Kier molecular flexibility index (Phi) is 3.38. The maximum atomic E-state index is 10.9. The SMILES string of the molecule is CN(C)c1cccc(Br)c1-c1cc(C(=O)O)[nH]n1. The fourth-order valence-corrected chi connectivity index (χ4v) is 2.26. The number of halogens is 1. The topological polar surface area (TPSA) is 69.2 Å². The fourth-order valence-electron chi connectivity index (χ4n) is 1.70. The summed E-state index contributed by atoms with van der Waals surface area (Å²) < 4.78 is 0.872. The van der Waals surface area contributed by atoms with E-state index in [1.807, 2.05) is 37.2 Å². The molecule has 0 radical (unpaired) electrons. The molecule has 18 heavy (non-hydrogen) atoms. The third-order valence-electron chi connectivity index (χ3n) is 2.54. The molecule has 2 rings (SSSR count). The first-order valence-electron chi connectivity index (χ1n) is 5.25. The number of aromatic carboxylic acids is 1. The van der Waals surface area contributed by atoms with Gasteiger partial charge in [-0.2, -0.15) is 5.10 Å². The number of carboxylic acids is 1. The molecule has 1 aromatic heterocycles. The highest BCUT2D eigenvalue weighted by molar-refractivity contribution is 9.10. The minimum atomic E-state index is -1.02. The van der Waals surface area contributed by atoms with Crippen molar-refractivity contribution in [2.24, 2.45) is 0 Å². The first-order chi connectivity index (χ1) is 8.50. The number of hydrogen-bond donors (Lipinski definition) is 2. The van der Waals surface area contributed by atoms with Gasteiger partial charge in [-0.25, -0.2) is 4.79 Å². The van der Waals surface area contributed by atoms with Crippen molar-refractivity contribution in [2.45, 2.75) is 0 Å². The molecule has 6 heteroatoms. The number of rotatable bonds is 3. The molecule has 1 aromatic carbocycles. The molecule has 2 N–H and O–H groups in total. The van der Waals surface area contributed by atoms with Crippen LogP contribution in [0.2, 0.25) is 0 Å². The van der Waals surface area contributed by atoms with Crippen LogP contribution in [0.3, 0.4) is 0 Å². The predicted molar refractivity (Wildman–Crippen MR) is 73.0 cm³/mol. The molecule has 0 saturated heterocycles. The second-order valence-electron chi connectivity index (χ2n) is 4.00. The number of aromatic amines is 1. The second-order valence-corrected chi connectivity index (χ2v) is 4.85. The lowest BCUT2D eigenvalue weighted by atomic mass is 10.1. The predicted octanol–water partition coefficient (Wildman–Crippen LogP) is 2.60. The highest BCUT2D eigenvalue weighted by Crippen LogP contribution is 2.35. The maximum Gasteiger partial charge on any atom is 0.353 e. The van der Waals surface area contributed by atoms with Gasteiger partial charge in [0.2, 0.25) is 0 Å². The number of H-pyrrole nitrogens is 1. The minimum Gasteiger partial charge on any atom is -0.477 e. The van der Waals surface area contributed by atoms with Crippen LogP contribution in [-0.4, -0.2) is 35.4 Å². The number of nitrogens with zero attached hydrogens (tertiary/aromatic N) is 2. The van der Waals surface area contributed by atoms with Crippen molar-refractivity contribution in [1.82, 2.24) is 10.2 Å². The van der Waals surface area contributed by atoms with Crippen molar-refractivity contribution in [3.63, 3.8) is 0 Å². The van der Waals surface area contributed by atoms with Gasteiger partial charge in [0.1, 0.15) is 5.69 Å². The molecule has 5 nitrogen and oxygen atoms in total. The number of hydrogen-bond acceptors (Lipinski definition) is 3. The Hall–Kier alpha value is -1.82. The number of benzene rings is 1. The molecule has 0 amide bonds. The third-order valence-corrected chi connectivity index (χ3v) is 3.20. The average Bonchev–Trinajstić information content (AvgIpc) is 2.77. The molecule has 0 aliphatic rings. The highest BCUT2D eigenvalue weighted by Gasteiger charge is 2.15. The molecular weight excluding hydrogens is 298 g/mol. The van der Waals surface area contributed by atoms with E-state index in [4.69, 9.17) is 5.11 Å². The largest absolute Gasteiger partial charge is 0.477 e. The van der Waals surface area contributed by atoms with Crippen LogP contribution < -0.4 is 4.90 Å². The number of nitrogens with one attached hydrogen (secondary N) is 1. The summed E-state index contributed by atoms with van der Waals surface area (Å²) in [5, 5.41) is 15.5. The van der Waals surface area contributed by atoms with Gasteiger partial charge >= 0.3 is 5.97 Å². The van der Waals surface area contributed by atoms with Gasteiger partial charge < -0.3 is 10.0 Å². The van der Waals surface area contributed by atoms with E-state index in [1.54, 1.807) is 0 Å². The summed E-state index contributed by atoms with van der Waals surface area (Å²) >= 11 is 3.47. The van der Waals surface area contributed by atoms with Gasteiger partial charge in [0.05, 0.1) is 5.69 Å². The van der Waals surface area contributed by atoms with E-state index in [0.29, 0.717) is 5.69 Å². The van der Waals surface area contributed by atoms with Crippen LogP contribution in [-0.2, 0) is 0 Å². The third kappa shape index (κ3) is 2.24. The average molecular weight is 310 g/mol. The van der Waals surface area contributed by atoms with Crippen molar-refractivity contribution >= 4 is 27.6 Å². The van der Waals surface area contributed by atoms with Crippen LogP contribution in [0.5, 0.6) is 0 Å². The van der Waals surface area contributed by atoms with E-state index in [2.05, 4.69) is 26.1 Å². The van der Waals surface area contributed by atoms with Crippen LogP contribution in [0.15, 0.2) is 28.7 Å². The van der Waals surface area contributed by atoms with Gasteiger partial charge in [-0.15, -0.1) is 0 Å². The first kappa shape index (κ1) is 12.6. The number of anilines is 1. The normalized spacial score (nSPS) is 10.4. The van der Waals surface area contributed by atoms with Crippen molar-refractivity contribution in [3.05, 3.63) is 34.4 Å². The minimum absolute atomic E-state index is 0.0745. The van der Waals surface area contributed by atoms with Crippen LogP contribution in [0.25, 0.3) is 11.3 Å². The van der Waals surface area contributed by atoms with Crippen LogP contribution in [0.4, 0.5) is 5.69 Å². The summed E-state index contributed by atoms with van der Waals surface area (Å²) in [6.45, 7) is 0. The van der Waals surface area contributed by atoms with Gasteiger partial charge in [0.25, 0.3) is 0 Å². The molecule has 0 aliphatic carbocycles. The Morgan fingerprint density at radius 2 is 2.17 bits per heavy atom.